The van der Waals surface area contributed by atoms with Crippen molar-refractivity contribution in [1.82, 2.24) is 0 Å². The third-order valence-electron chi connectivity index (χ3n) is 3.95. The first-order valence-corrected chi connectivity index (χ1v) is 7.44. The van der Waals surface area contributed by atoms with E-state index in [9.17, 15) is 24.6 Å². The van der Waals surface area contributed by atoms with Crippen LogP contribution in [0.5, 0.6) is 0 Å². The maximum Gasteiger partial charge on any atom is 0.312 e. The third-order valence-corrected chi connectivity index (χ3v) is 4.78. The number of carboxylic acids is 2. The molecule has 0 aromatic heterocycles. The average Bonchev–Trinajstić information content (AvgIpc) is 2.48. The highest BCUT2D eigenvalue weighted by Crippen LogP contribution is 2.44. The summed E-state index contributed by atoms with van der Waals surface area (Å²) < 4.78 is 0. The van der Waals surface area contributed by atoms with E-state index in [-0.39, 0.29) is 21.3 Å². The Morgan fingerprint density at radius 2 is 1.87 bits per heavy atom. The highest BCUT2D eigenvalue weighted by atomic mass is 35.5. The van der Waals surface area contributed by atoms with E-state index in [1.165, 1.54) is 19.1 Å². The molecule has 1 aliphatic heterocycles. The van der Waals surface area contributed by atoms with Gasteiger partial charge in [-0.2, -0.15) is 0 Å². The molecule has 0 bridgehead atoms. The number of hydrogen-bond donors (Lipinski definition) is 2. The third kappa shape index (κ3) is 3.09. The molecule has 0 fully saturated rings. The zero-order valence-corrected chi connectivity index (χ0v) is 13.5. The molecule has 1 aliphatic rings. The summed E-state index contributed by atoms with van der Waals surface area (Å²) in [6.07, 6.45) is 0.409. The van der Waals surface area contributed by atoms with Gasteiger partial charge in [0.15, 0.2) is 0 Å². The van der Waals surface area contributed by atoms with Crippen LogP contribution in [0.1, 0.15) is 18.4 Å². The smallest absolute Gasteiger partial charge is 0.312 e. The van der Waals surface area contributed by atoms with Crippen molar-refractivity contribution < 1.29 is 24.6 Å². The second kappa shape index (κ2) is 6.68. The highest BCUT2D eigenvalue weighted by molar-refractivity contribution is 6.42. The van der Waals surface area contributed by atoms with E-state index < -0.39 is 35.7 Å². The van der Waals surface area contributed by atoms with E-state index in [4.69, 9.17) is 23.2 Å². The first-order chi connectivity index (χ1) is 10.8. The van der Waals surface area contributed by atoms with Crippen molar-refractivity contribution in [3.8, 4) is 0 Å². The molecular weight excluding hydrogens is 345 g/mol. The van der Waals surface area contributed by atoms with Crippen LogP contribution in [0.3, 0.4) is 0 Å². The van der Waals surface area contributed by atoms with Gasteiger partial charge < -0.3 is 15.0 Å². The normalized spacial score (nSPS) is 27.2. The maximum absolute atomic E-state index is 11.7. The van der Waals surface area contributed by atoms with E-state index in [2.05, 4.69) is 4.99 Å². The number of aliphatic carboxylic acids is 2. The van der Waals surface area contributed by atoms with E-state index in [0.29, 0.717) is 6.29 Å². The molecule has 6 nitrogen and oxygen atoms in total. The molecule has 4 unspecified atom stereocenters. The Hall–Kier alpha value is -1.92. The second-order valence-corrected chi connectivity index (χ2v) is 6.03. The van der Waals surface area contributed by atoms with Crippen LogP contribution in [-0.2, 0) is 14.4 Å². The lowest BCUT2D eigenvalue weighted by molar-refractivity contribution is -0.147. The number of aldehydes is 1. The van der Waals surface area contributed by atoms with Crippen LogP contribution in [0.4, 0.5) is 0 Å². The molecule has 2 N–H and O–H groups in total. The van der Waals surface area contributed by atoms with Crippen molar-refractivity contribution in [3.63, 3.8) is 0 Å². The maximum atomic E-state index is 11.7. The summed E-state index contributed by atoms with van der Waals surface area (Å²) in [5.74, 6) is -6.14. The molecule has 8 heteroatoms. The Morgan fingerprint density at radius 3 is 2.39 bits per heavy atom. The van der Waals surface area contributed by atoms with Crippen LogP contribution in [0.2, 0.25) is 10.0 Å². The lowest BCUT2D eigenvalue weighted by Crippen LogP contribution is -2.46. The minimum absolute atomic E-state index is 0.0796. The summed E-state index contributed by atoms with van der Waals surface area (Å²) in [4.78, 5) is 38.5. The molecule has 0 aliphatic carbocycles. The first-order valence-electron chi connectivity index (χ1n) is 6.68. The zero-order chi connectivity index (χ0) is 17.3. The molecule has 1 aromatic rings. The molecule has 1 aromatic carbocycles. The lowest BCUT2D eigenvalue weighted by atomic mass is 9.70. The van der Waals surface area contributed by atoms with E-state index in [1.54, 1.807) is 6.07 Å². The Morgan fingerprint density at radius 1 is 1.22 bits per heavy atom. The van der Waals surface area contributed by atoms with Gasteiger partial charge in [-0.3, -0.25) is 14.6 Å². The van der Waals surface area contributed by atoms with Gasteiger partial charge in [-0.1, -0.05) is 35.3 Å². The number of nitrogens with zero attached hydrogens (tertiary/aromatic N) is 1. The van der Waals surface area contributed by atoms with Gasteiger partial charge in [0.2, 0.25) is 0 Å². The average molecular weight is 358 g/mol. The zero-order valence-electron chi connectivity index (χ0n) is 11.9. The topological polar surface area (TPSA) is 104 Å². The van der Waals surface area contributed by atoms with Crippen molar-refractivity contribution in [3.05, 3.63) is 33.8 Å². The van der Waals surface area contributed by atoms with Crippen LogP contribution in [0, 0.1) is 11.8 Å². The molecule has 1 heterocycles. The number of halogens is 2. The largest absolute Gasteiger partial charge is 0.481 e. The predicted molar refractivity (Wildman–Crippen MR) is 84.4 cm³/mol. The standard InChI is InChI=1S/C15H13Cl2NO5/c1-6-10(14(20)21)11(7-3-2-4-8(16)13(7)17)12(15(22)23)9(5-19)18-6/h2-5,9-12H,1H3,(H,20,21)(H,22,23). The number of rotatable bonds is 4. The second-order valence-electron chi connectivity index (χ2n) is 5.25. The van der Waals surface area contributed by atoms with Crippen LogP contribution in [0.15, 0.2) is 23.2 Å². The summed E-state index contributed by atoms with van der Waals surface area (Å²) in [6, 6.07) is 3.41. The summed E-state index contributed by atoms with van der Waals surface area (Å²) in [5.41, 5.74) is 0.452. The molecule has 0 amide bonds. The van der Waals surface area contributed by atoms with Gasteiger partial charge in [0, 0.05) is 11.6 Å². The van der Waals surface area contributed by atoms with Gasteiger partial charge in [-0.05, 0) is 18.6 Å². The Labute approximate surface area is 141 Å². The number of carbonyl (C=O) groups excluding carboxylic acids is 1. The number of aliphatic imine (C=N–C) groups is 1. The Kier molecular flexibility index (Phi) is 5.06. The molecule has 4 atom stereocenters. The molecule has 0 radical (unpaired) electrons. The van der Waals surface area contributed by atoms with Crippen molar-refractivity contribution in [2.45, 2.75) is 18.9 Å². The number of hydrogen-bond acceptors (Lipinski definition) is 4. The molecule has 0 saturated carbocycles. The van der Waals surface area contributed by atoms with Gasteiger partial charge in [0.1, 0.15) is 18.2 Å². The summed E-state index contributed by atoms with van der Waals surface area (Å²) in [7, 11) is 0. The Bertz CT molecular complexity index is 703. The van der Waals surface area contributed by atoms with Crippen molar-refractivity contribution in [1.29, 1.82) is 0 Å². The number of carboxylic acid groups (broad SMARTS) is 2. The SMILES string of the molecule is CC1=NC(C=O)C(C(=O)O)C(c2cccc(Cl)c2Cl)C1C(=O)O. The minimum Gasteiger partial charge on any atom is -0.481 e. The van der Waals surface area contributed by atoms with Crippen LogP contribution < -0.4 is 0 Å². The molecule has 0 spiro atoms. The van der Waals surface area contributed by atoms with E-state index in [1.807, 2.05) is 0 Å². The number of carbonyl (C=O) groups is 3. The fourth-order valence-electron chi connectivity index (χ4n) is 2.97. The summed E-state index contributed by atoms with van der Waals surface area (Å²) >= 11 is 12.1. The summed E-state index contributed by atoms with van der Waals surface area (Å²) in [6.45, 7) is 1.46. The van der Waals surface area contributed by atoms with Crippen LogP contribution in [-0.4, -0.2) is 40.2 Å². The lowest BCUT2D eigenvalue weighted by Gasteiger charge is -2.36. The van der Waals surface area contributed by atoms with Gasteiger partial charge in [-0.15, -0.1) is 0 Å². The fraction of sp³-hybridized carbons (Fsp3) is 0.333. The van der Waals surface area contributed by atoms with Crippen LogP contribution in [0.25, 0.3) is 0 Å². The van der Waals surface area contributed by atoms with Gasteiger partial charge in [0.05, 0.1) is 16.0 Å². The fourth-order valence-corrected chi connectivity index (χ4v) is 3.41. The predicted octanol–water partition coefficient (Wildman–Crippen LogP) is 2.52. The van der Waals surface area contributed by atoms with Crippen LogP contribution >= 0.6 is 23.2 Å². The van der Waals surface area contributed by atoms with E-state index in [0.717, 1.165) is 0 Å². The highest BCUT2D eigenvalue weighted by Gasteiger charge is 2.48. The monoisotopic (exact) mass is 357 g/mol. The van der Waals surface area contributed by atoms with E-state index >= 15 is 0 Å². The van der Waals surface area contributed by atoms with Crippen molar-refractivity contribution >= 4 is 47.1 Å². The number of benzene rings is 1. The first kappa shape index (κ1) is 17.4. The van der Waals surface area contributed by atoms with Crippen molar-refractivity contribution in [2.24, 2.45) is 16.8 Å². The molecule has 0 saturated heterocycles. The van der Waals surface area contributed by atoms with Gasteiger partial charge in [-0.25, -0.2) is 0 Å². The summed E-state index contributed by atoms with van der Waals surface area (Å²) in [5, 5.41) is 19.3. The Balaban J connectivity index is 2.72. The quantitative estimate of drug-likeness (QED) is 0.805. The van der Waals surface area contributed by atoms with Gasteiger partial charge >= 0.3 is 11.9 Å². The molecule has 2 rings (SSSR count). The molecule has 23 heavy (non-hydrogen) atoms. The van der Waals surface area contributed by atoms with Crippen molar-refractivity contribution in [2.75, 3.05) is 0 Å². The molecule has 122 valence electrons. The molecular formula is C15H13Cl2NO5. The minimum atomic E-state index is -1.34. The van der Waals surface area contributed by atoms with Gasteiger partial charge in [0.25, 0.3) is 0 Å².